The number of rotatable bonds is 5. The van der Waals surface area contributed by atoms with Gasteiger partial charge in [0.1, 0.15) is 5.75 Å². The molecule has 0 amide bonds. The predicted octanol–water partition coefficient (Wildman–Crippen LogP) is 2.03. The molecule has 0 bridgehead atoms. The minimum Gasteiger partial charge on any atom is -0.383 e. The Hall–Kier alpha value is -1.12. The Balaban J connectivity index is 1.94. The van der Waals surface area contributed by atoms with Crippen LogP contribution in [-0.4, -0.2) is 35.5 Å². The van der Waals surface area contributed by atoms with E-state index in [1.807, 2.05) is 12.1 Å². The summed E-state index contributed by atoms with van der Waals surface area (Å²) in [5, 5.41) is 0. The molecule has 1 aromatic rings. The van der Waals surface area contributed by atoms with E-state index in [4.69, 9.17) is 8.37 Å². The van der Waals surface area contributed by atoms with Gasteiger partial charge in [-0.25, -0.2) is 0 Å². The lowest BCUT2D eigenvalue weighted by Crippen LogP contribution is -2.23. The Labute approximate surface area is 131 Å². The highest BCUT2D eigenvalue weighted by Gasteiger charge is 2.25. The van der Waals surface area contributed by atoms with Gasteiger partial charge in [0.05, 0.1) is 18.6 Å². The van der Waals surface area contributed by atoms with Gasteiger partial charge < -0.3 is 4.18 Å². The summed E-state index contributed by atoms with van der Waals surface area (Å²) in [4.78, 5) is 0. The summed E-state index contributed by atoms with van der Waals surface area (Å²) in [7, 11) is -6.92. The topological polar surface area (TPSA) is 86.7 Å². The average molecular weight is 348 g/mol. The van der Waals surface area contributed by atoms with E-state index in [9.17, 15) is 16.8 Å². The van der Waals surface area contributed by atoms with Gasteiger partial charge in [-0.2, -0.15) is 16.8 Å². The molecule has 1 aliphatic carbocycles. The summed E-state index contributed by atoms with van der Waals surface area (Å²) < 4.78 is 54.2. The third-order valence-corrected chi connectivity index (χ3v) is 4.70. The maximum Gasteiger partial charge on any atom is 0.306 e. The fourth-order valence-electron chi connectivity index (χ4n) is 2.71. The SMILES string of the molecule is CS(=O)(=O)Oc1ccc(C2CCC(OS(C)(=O)=O)CC2)cc1. The molecule has 0 saturated heterocycles. The van der Waals surface area contributed by atoms with E-state index in [1.165, 1.54) is 0 Å². The van der Waals surface area contributed by atoms with Crippen LogP contribution in [0.4, 0.5) is 0 Å². The highest BCUT2D eigenvalue weighted by Crippen LogP contribution is 2.35. The first kappa shape index (κ1) is 17.2. The first-order valence-corrected chi connectivity index (χ1v) is 10.6. The molecule has 124 valence electrons. The van der Waals surface area contributed by atoms with Gasteiger partial charge in [0.25, 0.3) is 10.1 Å². The maximum absolute atomic E-state index is 11.1. The van der Waals surface area contributed by atoms with Gasteiger partial charge >= 0.3 is 10.1 Å². The van der Waals surface area contributed by atoms with Crippen LogP contribution in [-0.2, 0) is 24.4 Å². The molecule has 1 aromatic carbocycles. The van der Waals surface area contributed by atoms with Crippen molar-refractivity contribution in [3.63, 3.8) is 0 Å². The van der Waals surface area contributed by atoms with E-state index in [0.29, 0.717) is 24.5 Å². The van der Waals surface area contributed by atoms with Crippen molar-refractivity contribution < 1.29 is 25.2 Å². The Morgan fingerprint density at radius 3 is 1.86 bits per heavy atom. The summed E-state index contributed by atoms with van der Waals surface area (Å²) in [6, 6.07) is 6.97. The molecule has 2 rings (SSSR count). The fraction of sp³-hybridized carbons (Fsp3) is 0.571. The van der Waals surface area contributed by atoms with E-state index in [0.717, 1.165) is 30.9 Å². The first-order valence-electron chi connectivity index (χ1n) is 7.00. The molecule has 0 heterocycles. The second-order valence-electron chi connectivity index (χ2n) is 5.63. The normalized spacial score (nSPS) is 23.2. The van der Waals surface area contributed by atoms with Crippen LogP contribution in [0.3, 0.4) is 0 Å². The molecule has 22 heavy (non-hydrogen) atoms. The van der Waals surface area contributed by atoms with E-state index in [1.54, 1.807) is 12.1 Å². The monoisotopic (exact) mass is 348 g/mol. The number of hydrogen-bond donors (Lipinski definition) is 0. The van der Waals surface area contributed by atoms with Crippen LogP contribution >= 0.6 is 0 Å². The maximum atomic E-state index is 11.1. The standard InChI is InChI=1S/C14H20O6S2/c1-21(15,16)19-13-7-3-11(4-8-13)12-5-9-14(10-6-12)20-22(2,17)18/h3-4,7-8,12,14H,5-6,9-10H2,1-2H3. The van der Waals surface area contributed by atoms with E-state index >= 15 is 0 Å². The lowest BCUT2D eigenvalue weighted by molar-refractivity contribution is 0.155. The number of hydrogen-bond acceptors (Lipinski definition) is 6. The summed E-state index contributed by atoms with van der Waals surface area (Å²) in [6.45, 7) is 0. The zero-order chi connectivity index (χ0) is 16.4. The van der Waals surface area contributed by atoms with E-state index in [-0.39, 0.29) is 6.10 Å². The Morgan fingerprint density at radius 2 is 1.41 bits per heavy atom. The van der Waals surface area contributed by atoms with Crippen LogP contribution in [0.2, 0.25) is 0 Å². The number of benzene rings is 1. The second kappa shape index (κ2) is 6.55. The van der Waals surface area contributed by atoms with Crippen molar-refractivity contribution in [2.24, 2.45) is 0 Å². The molecule has 0 aromatic heterocycles. The molecule has 0 spiro atoms. The summed E-state index contributed by atoms with van der Waals surface area (Å²) in [5.41, 5.74) is 1.10. The van der Waals surface area contributed by atoms with Crippen molar-refractivity contribution in [2.45, 2.75) is 37.7 Å². The third-order valence-electron chi connectivity index (χ3n) is 3.58. The predicted molar refractivity (Wildman–Crippen MR) is 82.8 cm³/mol. The van der Waals surface area contributed by atoms with Gasteiger partial charge in [-0.3, -0.25) is 4.18 Å². The lowest BCUT2D eigenvalue weighted by atomic mass is 9.83. The second-order valence-corrected chi connectivity index (χ2v) is 8.81. The van der Waals surface area contributed by atoms with Gasteiger partial charge in [0.2, 0.25) is 0 Å². The van der Waals surface area contributed by atoms with Crippen LogP contribution in [0.15, 0.2) is 24.3 Å². The van der Waals surface area contributed by atoms with Crippen molar-refractivity contribution in [1.82, 2.24) is 0 Å². The molecule has 0 radical (unpaired) electrons. The zero-order valence-electron chi connectivity index (χ0n) is 12.6. The molecule has 8 heteroatoms. The Kier molecular flexibility index (Phi) is 5.14. The van der Waals surface area contributed by atoms with Gasteiger partial charge in [0, 0.05) is 0 Å². The molecule has 0 aliphatic heterocycles. The van der Waals surface area contributed by atoms with E-state index < -0.39 is 20.2 Å². The molecule has 0 atom stereocenters. The highest BCUT2D eigenvalue weighted by atomic mass is 32.2. The Bertz CT molecular complexity index is 698. The van der Waals surface area contributed by atoms with Gasteiger partial charge in [-0.05, 0) is 49.3 Å². The molecule has 1 aliphatic rings. The molecule has 0 N–H and O–H groups in total. The summed E-state index contributed by atoms with van der Waals surface area (Å²) in [5.74, 6) is 0.618. The minimum atomic E-state index is -3.51. The molecule has 1 fully saturated rings. The molecule has 6 nitrogen and oxygen atoms in total. The molecule has 0 unspecified atom stereocenters. The van der Waals surface area contributed by atoms with Crippen molar-refractivity contribution in [3.05, 3.63) is 29.8 Å². The van der Waals surface area contributed by atoms with E-state index in [2.05, 4.69) is 0 Å². The minimum absolute atomic E-state index is 0.237. The van der Waals surface area contributed by atoms with Crippen molar-refractivity contribution >= 4 is 20.2 Å². The average Bonchev–Trinajstić information content (AvgIpc) is 2.37. The van der Waals surface area contributed by atoms with Gasteiger partial charge in [-0.1, -0.05) is 12.1 Å². The van der Waals surface area contributed by atoms with Gasteiger partial charge in [-0.15, -0.1) is 0 Å². The Morgan fingerprint density at radius 1 is 0.864 bits per heavy atom. The van der Waals surface area contributed by atoms with Crippen LogP contribution in [0.25, 0.3) is 0 Å². The van der Waals surface area contributed by atoms with Crippen molar-refractivity contribution in [1.29, 1.82) is 0 Å². The van der Waals surface area contributed by atoms with Crippen LogP contribution < -0.4 is 4.18 Å². The third kappa shape index (κ3) is 5.58. The highest BCUT2D eigenvalue weighted by molar-refractivity contribution is 7.86. The van der Waals surface area contributed by atoms with Gasteiger partial charge in [0.15, 0.2) is 0 Å². The summed E-state index contributed by atoms with van der Waals surface area (Å²) in [6.07, 6.45) is 4.90. The zero-order valence-corrected chi connectivity index (χ0v) is 14.2. The van der Waals surface area contributed by atoms with Crippen molar-refractivity contribution in [3.8, 4) is 5.75 Å². The fourth-order valence-corrected chi connectivity index (χ4v) is 3.86. The summed E-state index contributed by atoms with van der Waals surface area (Å²) >= 11 is 0. The van der Waals surface area contributed by atoms with Crippen molar-refractivity contribution in [2.75, 3.05) is 12.5 Å². The smallest absolute Gasteiger partial charge is 0.306 e. The van der Waals surface area contributed by atoms with Crippen LogP contribution in [0, 0.1) is 0 Å². The largest absolute Gasteiger partial charge is 0.383 e. The first-order chi connectivity index (χ1) is 10.1. The molecular weight excluding hydrogens is 328 g/mol. The lowest BCUT2D eigenvalue weighted by Gasteiger charge is -2.28. The quantitative estimate of drug-likeness (QED) is 0.757. The molecular formula is C14H20O6S2. The molecule has 1 saturated carbocycles. The van der Waals surface area contributed by atoms with Crippen LogP contribution in [0.5, 0.6) is 5.75 Å². The van der Waals surface area contributed by atoms with Crippen LogP contribution in [0.1, 0.15) is 37.2 Å².